The van der Waals surface area contributed by atoms with E-state index in [0.29, 0.717) is 6.54 Å². The number of thiophene rings is 1. The maximum atomic E-state index is 5.94. The summed E-state index contributed by atoms with van der Waals surface area (Å²) < 4.78 is 5.94. The number of nitrogens with zero attached hydrogens (tertiary/aromatic N) is 1. The van der Waals surface area contributed by atoms with Crippen molar-refractivity contribution in [3.63, 3.8) is 0 Å². The third kappa shape index (κ3) is 5.37. The van der Waals surface area contributed by atoms with Gasteiger partial charge in [-0.25, -0.2) is 4.99 Å². The zero-order chi connectivity index (χ0) is 15.9. The van der Waals surface area contributed by atoms with Crippen molar-refractivity contribution in [2.75, 3.05) is 19.6 Å². The monoisotopic (exact) mass is 457 g/mol. The highest BCUT2D eigenvalue weighted by Crippen LogP contribution is 2.28. The fraction of sp³-hybridized carbons (Fsp3) is 0.389. The van der Waals surface area contributed by atoms with Crippen molar-refractivity contribution in [2.45, 2.75) is 25.9 Å². The molecule has 0 bridgehead atoms. The number of para-hydroxylation sites is 1. The van der Waals surface area contributed by atoms with E-state index in [4.69, 9.17) is 4.74 Å². The molecule has 6 heteroatoms. The molecule has 0 radical (unpaired) electrons. The molecule has 2 aromatic rings. The number of guanidine groups is 1. The van der Waals surface area contributed by atoms with E-state index in [0.717, 1.165) is 37.6 Å². The van der Waals surface area contributed by atoms with Gasteiger partial charge >= 0.3 is 0 Å². The van der Waals surface area contributed by atoms with Gasteiger partial charge in [0.15, 0.2) is 5.96 Å². The summed E-state index contributed by atoms with van der Waals surface area (Å²) in [7, 11) is 0. The van der Waals surface area contributed by atoms with E-state index in [2.05, 4.69) is 52.2 Å². The molecule has 130 valence electrons. The number of hydrogen-bond donors (Lipinski definition) is 2. The number of fused-ring (bicyclic) bond motifs is 1. The minimum absolute atomic E-state index is 0. The largest absolute Gasteiger partial charge is 0.488 e. The Kier molecular flexibility index (Phi) is 7.84. The zero-order valence-electron chi connectivity index (χ0n) is 13.8. The van der Waals surface area contributed by atoms with Gasteiger partial charge in [-0.3, -0.25) is 0 Å². The lowest BCUT2D eigenvalue weighted by molar-refractivity contribution is 0.241. The molecule has 1 atom stereocenters. The van der Waals surface area contributed by atoms with E-state index in [-0.39, 0.29) is 30.1 Å². The van der Waals surface area contributed by atoms with E-state index >= 15 is 0 Å². The van der Waals surface area contributed by atoms with Crippen LogP contribution in [0.3, 0.4) is 0 Å². The lowest BCUT2D eigenvalue weighted by Crippen LogP contribution is -2.39. The second kappa shape index (κ2) is 9.88. The van der Waals surface area contributed by atoms with Crippen molar-refractivity contribution in [2.24, 2.45) is 4.99 Å². The summed E-state index contributed by atoms with van der Waals surface area (Å²) in [5.74, 6) is 1.87. The zero-order valence-corrected chi connectivity index (χ0v) is 17.0. The van der Waals surface area contributed by atoms with Crippen molar-refractivity contribution < 1.29 is 4.74 Å². The highest BCUT2D eigenvalue weighted by Gasteiger charge is 2.21. The van der Waals surface area contributed by atoms with Crippen molar-refractivity contribution in [3.8, 4) is 5.75 Å². The number of halogens is 1. The molecule has 3 rings (SSSR count). The van der Waals surface area contributed by atoms with Crippen LogP contribution in [-0.4, -0.2) is 31.7 Å². The Hall–Kier alpha value is -1.28. The van der Waals surface area contributed by atoms with Gasteiger partial charge in [0.05, 0.1) is 6.54 Å². The van der Waals surface area contributed by atoms with Crippen molar-refractivity contribution in [1.29, 1.82) is 0 Å². The Bertz CT molecular complexity index is 620. The Labute approximate surface area is 164 Å². The molecule has 1 aromatic carbocycles. The van der Waals surface area contributed by atoms with E-state index in [1.54, 1.807) is 11.3 Å². The van der Waals surface area contributed by atoms with Crippen LogP contribution in [0.1, 0.15) is 17.4 Å². The van der Waals surface area contributed by atoms with Crippen LogP contribution in [0.2, 0.25) is 0 Å². The molecule has 1 unspecified atom stereocenters. The number of benzene rings is 1. The lowest BCUT2D eigenvalue weighted by Gasteiger charge is -2.13. The van der Waals surface area contributed by atoms with Crippen LogP contribution < -0.4 is 15.4 Å². The highest BCUT2D eigenvalue weighted by molar-refractivity contribution is 14.0. The standard InChI is InChI=1S/C18H23N3OS.HI/c1-2-19-18(20-10-9-16-7-5-11-23-16)21-13-15-12-14-6-3-4-8-17(14)22-15;/h3-8,11,15H,2,9-10,12-13H2,1H3,(H2,19,20,21);1H. The average Bonchev–Trinajstić information content (AvgIpc) is 3.21. The molecule has 0 fully saturated rings. The van der Waals surface area contributed by atoms with Crippen LogP contribution in [0.25, 0.3) is 0 Å². The van der Waals surface area contributed by atoms with E-state index < -0.39 is 0 Å². The number of hydrogen-bond acceptors (Lipinski definition) is 3. The summed E-state index contributed by atoms with van der Waals surface area (Å²) >= 11 is 1.79. The molecular weight excluding hydrogens is 433 g/mol. The van der Waals surface area contributed by atoms with Crippen LogP contribution in [0.5, 0.6) is 5.75 Å². The summed E-state index contributed by atoms with van der Waals surface area (Å²) in [5.41, 5.74) is 1.28. The van der Waals surface area contributed by atoms with E-state index in [1.807, 2.05) is 12.1 Å². The van der Waals surface area contributed by atoms with Gasteiger partial charge in [-0.05, 0) is 36.4 Å². The molecule has 0 amide bonds. The second-order valence-electron chi connectivity index (χ2n) is 5.53. The van der Waals surface area contributed by atoms with Crippen LogP contribution in [-0.2, 0) is 12.8 Å². The first kappa shape index (κ1) is 19.1. The molecule has 0 saturated carbocycles. The quantitative estimate of drug-likeness (QED) is 0.397. The average molecular weight is 457 g/mol. The first-order valence-corrected chi connectivity index (χ1v) is 9.02. The van der Waals surface area contributed by atoms with E-state index in [9.17, 15) is 0 Å². The summed E-state index contributed by atoms with van der Waals surface area (Å²) in [6.07, 6.45) is 2.10. The lowest BCUT2D eigenvalue weighted by atomic mass is 10.1. The van der Waals surface area contributed by atoms with Crippen LogP contribution in [0, 0.1) is 0 Å². The second-order valence-corrected chi connectivity index (χ2v) is 6.56. The van der Waals surface area contributed by atoms with Gasteiger partial charge in [0.2, 0.25) is 0 Å². The third-order valence-electron chi connectivity index (χ3n) is 3.76. The predicted molar refractivity (Wildman–Crippen MR) is 112 cm³/mol. The fourth-order valence-electron chi connectivity index (χ4n) is 2.65. The SMILES string of the molecule is CCNC(=NCC1Cc2ccccc2O1)NCCc1cccs1.I. The van der Waals surface area contributed by atoms with Crippen molar-refractivity contribution in [1.82, 2.24) is 10.6 Å². The topological polar surface area (TPSA) is 45.7 Å². The Morgan fingerprint density at radius 1 is 1.25 bits per heavy atom. The Morgan fingerprint density at radius 3 is 2.88 bits per heavy atom. The van der Waals surface area contributed by atoms with Crippen LogP contribution in [0.15, 0.2) is 46.8 Å². The molecule has 2 heterocycles. The van der Waals surface area contributed by atoms with Gasteiger partial charge in [0.1, 0.15) is 11.9 Å². The van der Waals surface area contributed by atoms with Gasteiger partial charge in [0, 0.05) is 24.4 Å². The normalized spacial score (nSPS) is 16.0. The van der Waals surface area contributed by atoms with Gasteiger partial charge < -0.3 is 15.4 Å². The Morgan fingerprint density at radius 2 is 2.12 bits per heavy atom. The van der Waals surface area contributed by atoms with Gasteiger partial charge in [0.25, 0.3) is 0 Å². The molecule has 1 aliphatic rings. The fourth-order valence-corrected chi connectivity index (χ4v) is 3.36. The smallest absolute Gasteiger partial charge is 0.191 e. The van der Waals surface area contributed by atoms with Crippen molar-refractivity contribution in [3.05, 3.63) is 52.2 Å². The summed E-state index contributed by atoms with van der Waals surface area (Å²) in [5, 5.41) is 8.80. The van der Waals surface area contributed by atoms with Gasteiger partial charge in [-0.1, -0.05) is 24.3 Å². The maximum Gasteiger partial charge on any atom is 0.191 e. The number of ether oxygens (including phenoxy) is 1. The molecule has 4 nitrogen and oxygen atoms in total. The minimum atomic E-state index is 0. The first-order chi connectivity index (χ1) is 11.3. The first-order valence-electron chi connectivity index (χ1n) is 8.14. The number of rotatable bonds is 6. The van der Waals surface area contributed by atoms with Crippen molar-refractivity contribution >= 4 is 41.3 Å². The third-order valence-corrected chi connectivity index (χ3v) is 4.69. The maximum absolute atomic E-state index is 5.94. The molecule has 0 saturated heterocycles. The Balaban J connectivity index is 0.00000208. The number of aliphatic imine (C=N–C) groups is 1. The highest BCUT2D eigenvalue weighted by atomic mass is 127. The molecule has 2 N–H and O–H groups in total. The van der Waals surface area contributed by atoms with Gasteiger partial charge in [-0.15, -0.1) is 35.3 Å². The van der Waals surface area contributed by atoms with E-state index in [1.165, 1.54) is 10.4 Å². The minimum Gasteiger partial charge on any atom is -0.488 e. The molecule has 0 aliphatic carbocycles. The van der Waals surface area contributed by atoms with Crippen LogP contribution in [0.4, 0.5) is 0 Å². The van der Waals surface area contributed by atoms with Gasteiger partial charge in [-0.2, -0.15) is 0 Å². The molecule has 0 spiro atoms. The summed E-state index contributed by atoms with van der Waals surface area (Å²) in [4.78, 5) is 6.06. The molecule has 1 aromatic heterocycles. The summed E-state index contributed by atoms with van der Waals surface area (Å²) in [6.45, 7) is 4.50. The number of nitrogens with one attached hydrogen (secondary N) is 2. The predicted octanol–water partition coefficient (Wildman–Crippen LogP) is 3.47. The molecule has 1 aliphatic heterocycles. The molecule has 24 heavy (non-hydrogen) atoms. The molecular formula is C18H24IN3OS. The van der Waals surface area contributed by atoms with Crippen LogP contribution >= 0.6 is 35.3 Å². The summed E-state index contributed by atoms with van der Waals surface area (Å²) in [6, 6.07) is 12.5.